The summed E-state index contributed by atoms with van der Waals surface area (Å²) < 4.78 is 66.3. The molecule has 3 aromatic rings. The third kappa shape index (κ3) is 7.26. The molecule has 0 aliphatic rings. The van der Waals surface area contributed by atoms with Crippen LogP contribution in [0.4, 0.5) is 30.9 Å². The Morgan fingerprint density at radius 3 is 1.96 bits per heavy atom. The molecule has 0 atom stereocenters. The van der Waals surface area contributed by atoms with Gasteiger partial charge in [0.15, 0.2) is 12.4 Å². The van der Waals surface area contributed by atoms with Gasteiger partial charge in [0, 0.05) is 43.4 Å². The van der Waals surface area contributed by atoms with Crippen molar-refractivity contribution in [3.63, 3.8) is 0 Å². The zero-order chi connectivity index (χ0) is 20.5. The molecule has 2 heterocycles. The maximum absolute atomic E-state index is 12.1. The second kappa shape index (κ2) is 6.23. The number of pyridine rings is 1. The van der Waals surface area contributed by atoms with Gasteiger partial charge in [-0.3, -0.25) is 0 Å². The zero-order valence-corrected chi connectivity index (χ0v) is 15.0. The van der Waals surface area contributed by atoms with Crippen LogP contribution in [-0.4, -0.2) is 14.1 Å². The number of hydrogen-bond acceptors (Lipinski definition) is 3. The molecule has 0 aliphatic heterocycles. The van der Waals surface area contributed by atoms with E-state index in [-0.39, 0.29) is 5.63 Å². The van der Waals surface area contributed by atoms with Crippen LogP contribution in [0.15, 0.2) is 64.1 Å². The Labute approximate surface area is 149 Å². The van der Waals surface area contributed by atoms with Crippen molar-refractivity contribution in [2.45, 2.75) is 0 Å². The first-order valence-electron chi connectivity index (χ1n) is 7.38. The van der Waals surface area contributed by atoms with Crippen molar-refractivity contribution in [1.82, 2.24) is 0 Å². The SMILES string of the molecule is CN(C)c1cc[n+](-c2cc3ccccc3oc2=O)cc1.F[P-](F)(F)(F)(F)F. The van der Waals surface area contributed by atoms with Crippen LogP contribution in [0.25, 0.3) is 16.7 Å². The quantitative estimate of drug-likeness (QED) is 0.241. The summed E-state index contributed by atoms with van der Waals surface area (Å²) in [7, 11) is -6.70. The first-order chi connectivity index (χ1) is 12.1. The second-order valence-corrected chi connectivity index (χ2v) is 7.69. The average Bonchev–Trinajstić information content (AvgIpc) is 2.51. The summed E-state index contributed by atoms with van der Waals surface area (Å²) in [5.74, 6) is 0. The molecule has 0 saturated heterocycles. The number of nitrogens with zero attached hydrogens (tertiary/aromatic N) is 2. The van der Waals surface area contributed by atoms with Crippen LogP contribution < -0.4 is 15.1 Å². The van der Waals surface area contributed by atoms with Crippen LogP contribution in [0.3, 0.4) is 0 Å². The van der Waals surface area contributed by atoms with Crippen molar-refractivity contribution in [2.75, 3.05) is 19.0 Å². The number of rotatable bonds is 2. The number of anilines is 1. The van der Waals surface area contributed by atoms with E-state index in [1.807, 2.05) is 67.8 Å². The Morgan fingerprint density at radius 2 is 1.44 bits per heavy atom. The molecule has 0 amide bonds. The summed E-state index contributed by atoms with van der Waals surface area (Å²) in [6, 6.07) is 13.2. The van der Waals surface area contributed by atoms with Crippen LogP contribution in [0.1, 0.15) is 0 Å². The Morgan fingerprint density at radius 1 is 0.926 bits per heavy atom. The van der Waals surface area contributed by atoms with E-state index in [2.05, 4.69) is 0 Å². The van der Waals surface area contributed by atoms with Gasteiger partial charge < -0.3 is 9.32 Å². The van der Waals surface area contributed by atoms with Crippen LogP contribution in [0, 0.1) is 0 Å². The van der Waals surface area contributed by atoms with Crippen molar-refractivity contribution >= 4 is 24.5 Å². The topological polar surface area (TPSA) is 37.3 Å². The average molecular weight is 412 g/mol. The molecule has 148 valence electrons. The van der Waals surface area contributed by atoms with E-state index < -0.39 is 7.81 Å². The Balaban J connectivity index is 0.000000321. The normalized spacial score (nSPS) is 13.9. The van der Waals surface area contributed by atoms with Crippen LogP contribution in [0.5, 0.6) is 0 Å². The number of halogens is 6. The van der Waals surface area contributed by atoms with Crippen LogP contribution in [0.2, 0.25) is 0 Å². The molecule has 0 bridgehead atoms. The molecular formula is C16H15F6N2O2P. The molecule has 0 fully saturated rings. The fourth-order valence-electron chi connectivity index (χ4n) is 2.11. The van der Waals surface area contributed by atoms with E-state index in [1.165, 1.54) is 0 Å². The molecule has 0 unspecified atom stereocenters. The minimum absolute atomic E-state index is 0.341. The fraction of sp³-hybridized carbons (Fsp3) is 0.125. The van der Waals surface area contributed by atoms with Gasteiger partial charge in [-0.1, -0.05) is 18.2 Å². The van der Waals surface area contributed by atoms with E-state index in [9.17, 15) is 30.0 Å². The van der Waals surface area contributed by atoms with Crippen LogP contribution in [-0.2, 0) is 0 Å². The Bertz CT molecular complexity index is 1000. The second-order valence-electron chi connectivity index (χ2n) is 5.77. The number of aromatic nitrogens is 1. The van der Waals surface area contributed by atoms with Gasteiger partial charge in [0.2, 0.25) is 0 Å². The first-order valence-corrected chi connectivity index (χ1v) is 9.41. The molecule has 11 heteroatoms. The summed E-state index contributed by atoms with van der Waals surface area (Å²) in [5, 5.41) is 0.909. The summed E-state index contributed by atoms with van der Waals surface area (Å²) in [4.78, 5) is 14.1. The van der Waals surface area contributed by atoms with Gasteiger partial charge in [-0.15, -0.1) is 0 Å². The molecule has 27 heavy (non-hydrogen) atoms. The van der Waals surface area contributed by atoms with Crippen molar-refractivity contribution in [3.8, 4) is 5.69 Å². The molecule has 0 radical (unpaired) electrons. The number of para-hydroxylation sites is 1. The van der Waals surface area contributed by atoms with Gasteiger partial charge >= 0.3 is 38.6 Å². The summed E-state index contributed by atoms with van der Waals surface area (Å²) in [5.41, 5.74) is 1.85. The van der Waals surface area contributed by atoms with E-state index in [0.29, 0.717) is 11.3 Å². The van der Waals surface area contributed by atoms with Gasteiger partial charge in [-0.25, -0.2) is 4.79 Å². The van der Waals surface area contributed by atoms with E-state index in [4.69, 9.17) is 4.42 Å². The van der Waals surface area contributed by atoms with E-state index >= 15 is 0 Å². The Kier molecular flexibility index (Phi) is 4.77. The summed E-state index contributed by atoms with van der Waals surface area (Å²) >= 11 is 0. The van der Waals surface area contributed by atoms with Crippen molar-refractivity contribution in [2.24, 2.45) is 0 Å². The predicted octanol–water partition coefficient (Wildman–Crippen LogP) is 5.52. The molecule has 2 aromatic heterocycles. The molecule has 0 spiro atoms. The van der Waals surface area contributed by atoms with Gasteiger partial charge in [0.25, 0.3) is 5.69 Å². The Hall–Kier alpha value is -2.61. The van der Waals surface area contributed by atoms with Gasteiger partial charge in [0.1, 0.15) is 5.58 Å². The maximum atomic E-state index is 12.1. The molecule has 0 saturated carbocycles. The summed E-state index contributed by atoms with van der Waals surface area (Å²) in [6.45, 7) is 0. The van der Waals surface area contributed by atoms with Crippen LogP contribution >= 0.6 is 7.81 Å². The molecular weight excluding hydrogens is 397 g/mol. The van der Waals surface area contributed by atoms with Crippen molar-refractivity contribution < 1.29 is 34.2 Å². The zero-order valence-electron chi connectivity index (χ0n) is 14.1. The number of fused-ring (bicyclic) bond motifs is 1. The third-order valence-corrected chi connectivity index (χ3v) is 3.23. The molecule has 3 rings (SSSR count). The molecule has 0 N–H and O–H groups in total. The van der Waals surface area contributed by atoms with Crippen molar-refractivity contribution in [1.29, 1.82) is 0 Å². The van der Waals surface area contributed by atoms with E-state index in [0.717, 1.165) is 11.1 Å². The third-order valence-electron chi connectivity index (χ3n) is 3.23. The molecule has 0 aliphatic carbocycles. The standard InChI is InChI=1S/C16H15N2O2.F6P/c1-17(2)13-7-9-18(10-8-13)14-11-12-5-3-4-6-15(12)20-16(14)19;1-7(2,3,4,5)6/h3-11H,1-2H3;/q+1;-1. The number of hydrogen-bond donors (Lipinski definition) is 0. The first kappa shape index (κ1) is 20.7. The molecule has 1 aromatic carbocycles. The van der Waals surface area contributed by atoms with Gasteiger partial charge in [0.05, 0.1) is 0 Å². The van der Waals surface area contributed by atoms with Gasteiger partial charge in [-0.2, -0.15) is 4.57 Å². The molecule has 4 nitrogen and oxygen atoms in total. The monoisotopic (exact) mass is 412 g/mol. The van der Waals surface area contributed by atoms with Crippen molar-refractivity contribution in [3.05, 3.63) is 65.3 Å². The van der Waals surface area contributed by atoms with Gasteiger partial charge in [-0.05, 0) is 6.07 Å². The minimum atomic E-state index is -10.7. The van der Waals surface area contributed by atoms with E-state index in [1.54, 1.807) is 10.6 Å². The fourth-order valence-corrected chi connectivity index (χ4v) is 2.11. The number of benzene rings is 1. The predicted molar refractivity (Wildman–Crippen MR) is 91.9 cm³/mol. The summed E-state index contributed by atoms with van der Waals surface area (Å²) in [6.07, 6.45) is 3.72.